The number of halogens is 2. The molecule has 0 saturated carbocycles. The van der Waals surface area contributed by atoms with E-state index in [2.05, 4.69) is 24.1 Å². The maximum Gasteiger partial charge on any atom is 0.221 e. The highest BCUT2D eigenvalue weighted by Crippen LogP contribution is 2.25. The molecule has 4 nitrogen and oxygen atoms in total. The van der Waals surface area contributed by atoms with E-state index in [1.165, 1.54) is 29.5 Å². The number of nitrogens with two attached hydrogens (primary N) is 1. The van der Waals surface area contributed by atoms with Gasteiger partial charge < -0.3 is 11.1 Å². The first-order valence-corrected chi connectivity index (χ1v) is 8.85. The molecule has 0 bridgehead atoms. The Morgan fingerprint density at radius 1 is 1.33 bits per heavy atom. The Hall–Kier alpha value is -0.810. The van der Waals surface area contributed by atoms with Gasteiger partial charge in [0.05, 0.1) is 0 Å². The summed E-state index contributed by atoms with van der Waals surface area (Å²) in [7, 11) is 0. The standard InChI is InChI=1S/C18H28ClN3O.ClH/c1-13-9-15(19)10-14(2)17(13)12-22-8-4-3-5-16(22)11-21-18(23)6-7-20;/h9-10,16H,3-8,11-12,20H2,1-2H3,(H,21,23);1H. The van der Waals surface area contributed by atoms with Crippen LogP contribution >= 0.6 is 24.0 Å². The molecule has 1 fully saturated rings. The van der Waals surface area contributed by atoms with Gasteiger partial charge in [-0.25, -0.2) is 0 Å². The number of benzene rings is 1. The van der Waals surface area contributed by atoms with Gasteiger partial charge in [0, 0.05) is 37.1 Å². The van der Waals surface area contributed by atoms with Crippen molar-refractivity contribution in [3.8, 4) is 0 Å². The van der Waals surface area contributed by atoms with Crippen molar-refractivity contribution in [2.24, 2.45) is 5.73 Å². The van der Waals surface area contributed by atoms with Crippen molar-refractivity contribution in [2.45, 2.75) is 52.1 Å². The molecule has 1 aromatic carbocycles. The molecule has 0 aromatic heterocycles. The molecule has 3 N–H and O–H groups in total. The highest BCUT2D eigenvalue weighted by Gasteiger charge is 2.23. The number of likely N-dealkylation sites (tertiary alicyclic amines) is 1. The number of carbonyl (C=O) groups is 1. The van der Waals surface area contributed by atoms with E-state index in [1.54, 1.807) is 0 Å². The smallest absolute Gasteiger partial charge is 0.221 e. The summed E-state index contributed by atoms with van der Waals surface area (Å²) in [5.41, 5.74) is 9.27. The molecule has 6 heteroatoms. The average Bonchev–Trinajstić information content (AvgIpc) is 2.50. The Bertz CT molecular complexity index is 528. The van der Waals surface area contributed by atoms with Gasteiger partial charge in [-0.3, -0.25) is 9.69 Å². The van der Waals surface area contributed by atoms with E-state index in [0.717, 1.165) is 24.5 Å². The van der Waals surface area contributed by atoms with E-state index in [4.69, 9.17) is 17.3 Å². The van der Waals surface area contributed by atoms with Crippen LogP contribution in [0.5, 0.6) is 0 Å². The SMILES string of the molecule is Cc1cc(Cl)cc(C)c1CN1CCCCC1CNC(=O)CCN.Cl. The lowest BCUT2D eigenvalue weighted by atomic mass is 9.97. The molecule has 1 atom stereocenters. The van der Waals surface area contributed by atoms with Crippen molar-refractivity contribution in [2.75, 3.05) is 19.6 Å². The topological polar surface area (TPSA) is 58.4 Å². The van der Waals surface area contributed by atoms with Crippen LogP contribution in [0.4, 0.5) is 0 Å². The Kier molecular flexibility index (Phi) is 9.06. The van der Waals surface area contributed by atoms with Crippen LogP contribution in [-0.2, 0) is 11.3 Å². The van der Waals surface area contributed by atoms with Crippen LogP contribution in [0.3, 0.4) is 0 Å². The zero-order chi connectivity index (χ0) is 16.8. The molecule has 1 aliphatic heterocycles. The van der Waals surface area contributed by atoms with Crippen molar-refractivity contribution in [3.05, 3.63) is 33.8 Å². The monoisotopic (exact) mass is 373 g/mol. The second-order valence-corrected chi connectivity index (χ2v) is 6.92. The molecular formula is C18H29Cl2N3O. The first-order valence-electron chi connectivity index (χ1n) is 8.47. The quantitative estimate of drug-likeness (QED) is 0.804. The number of aryl methyl sites for hydroxylation is 2. The van der Waals surface area contributed by atoms with Crippen molar-refractivity contribution < 1.29 is 4.79 Å². The lowest BCUT2D eigenvalue weighted by molar-refractivity contribution is -0.121. The fourth-order valence-corrected chi connectivity index (χ4v) is 3.67. The van der Waals surface area contributed by atoms with Crippen molar-refractivity contribution >= 4 is 29.9 Å². The second kappa shape index (κ2) is 10.2. The number of piperidine rings is 1. The van der Waals surface area contributed by atoms with Crippen LogP contribution in [0, 0.1) is 13.8 Å². The Balaban J connectivity index is 0.00000288. The molecule has 1 aromatic rings. The molecule has 1 saturated heterocycles. The van der Waals surface area contributed by atoms with Gasteiger partial charge in [-0.05, 0) is 62.1 Å². The highest BCUT2D eigenvalue weighted by atomic mass is 35.5. The van der Waals surface area contributed by atoms with Gasteiger partial charge in [-0.15, -0.1) is 12.4 Å². The lowest BCUT2D eigenvalue weighted by Gasteiger charge is -2.36. The number of hydrogen-bond donors (Lipinski definition) is 2. The Morgan fingerprint density at radius 3 is 2.62 bits per heavy atom. The van der Waals surface area contributed by atoms with Crippen molar-refractivity contribution in [1.29, 1.82) is 0 Å². The van der Waals surface area contributed by atoms with Crippen LogP contribution in [0.2, 0.25) is 5.02 Å². The molecule has 2 rings (SSSR count). The first kappa shape index (κ1) is 21.2. The first-order chi connectivity index (χ1) is 11.0. The summed E-state index contributed by atoms with van der Waals surface area (Å²) in [6, 6.07) is 4.47. The van der Waals surface area contributed by atoms with Gasteiger partial charge in [0.15, 0.2) is 0 Å². The summed E-state index contributed by atoms with van der Waals surface area (Å²) in [6.45, 7) is 7.37. The minimum Gasteiger partial charge on any atom is -0.354 e. The van der Waals surface area contributed by atoms with Crippen molar-refractivity contribution in [3.63, 3.8) is 0 Å². The van der Waals surface area contributed by atoms with E-state index in [-0.39, 0.29) is 18.3 Å². The highest BCUT2D eigenvalue weighted by molar-refractivity contribution is 6.30. The second-order valence-electron chi connectivity index (χ2n) is 6.48. The normalized spacial score (nSPS) is 18.1. The fourth-order valence-electron chi connectivity index (χ4n) is 3.34. The minimum atomic E-state index is 0. The van der Waals surface area contributed by atoms with Gasteiger partial charge in [0.2, 0.25) is 5.91 Å². The minimum absolute atomic E-state index is 0. The van der Waals surface area contributed by atoms with E-state index in [0.29, 0.717) is 25.6 Å². The van der Waals surface area contributed by atoms with E-state index in [1.807, 2.05) is 12.1 Å². The van der Waals surface area contributed by atoms with Gasteiger partial charge in [0.1, 0.15) is 0 Å². The lowest BCUT2D eigenvalue weighted by Crippen LogP contribution is -2.46. The van der Waals surface area contributed by atoms with Crippen LogP contribution in [0.15, 0.2) is 12.1 Å². The van der Waals surface area contributed by atoms with E-state index < -0.39 is 0 Å². The van der Waals surface area contributed by atoms with Gasteiger partial charge >= 0.3 is 0 Å². The molecule has 1 aliphatic rings. The Morgan fingerprint density at radius 2 is 2.00 bits per heavy atom. The van der Waals surface area contributed by atoms with E-state index in [9.17, 15) is 4.79 Å². The van der Waals surface area contributed by atoms with E-state index >= 15 is 0 Å². The molecule has 136 valence electrons. The number of nitrogens with one attached hydrogen (secondary N) is 1. The molecule has 1 amide bonds. The number of amides is 1. The molecule has 0 spiro atoms. The number of nitrogens with zero attached hydrogens (tertiary/aromatic N) is 1. The van der Waals surface area contributed by atoms with Crippen LogP contribution < -0.4 is 11.1 Å². The summed E-state index contributed by atoms with van der Waals surface area (Å²) in [5.74, 6) is 0.0527. The maximum atomic E-state index is 11.7. The fraction of sp³-hybridized carbons (Fsp3) is 0.611. The third-order valence-corrected chi connectivity index (χ3v) is 4.90. The third-order valence-electron chi connectivity index (χ3n) is 4.68. The zero-order valence-corrected chi connectivity index (χ0v) is 16.2. The predicted octanol–water partition coefficient (Wildman–Crippen LogP) is 3.20. The molecule has 0 radical (unpaired) electrons. The Labute approximate surface area is 156 Å². The summed E-state index contributed by atoms with van der Waals surface area (Å²) >= 11 is 6.14. The molecule has 1 heterocycles. The van der Waals surface area contributed by atoms with Crippen LogP contribution in [0.1, 0.15) is 42.4 Å². The number of carbonyl (C=O) groups excluding carboxylic acids is 1. The average molecular weight is 374 g/mol. The largest absolute Gasteiger partial charge is 0.354 e. The number of rotatable bonds is 6. The summed E-state index contributed by atoms with van der Waals surface area (Å²) in [5, 5.41) is 3.82. The van der Waals surface area contributed by atoms with Gasteiger partial charge in [-0.2, -0.15) is 0 Å². The third kappa shape index (κ3) is 5.92. The summed E-state index contributed by atoms with van der Waals surface area (Å²) in [6.07, 6.45) is 3.99. The molecular weight excluding hydrogens is 345 g/mol. The maximum absolute atomic E-state index is 11.7. The zero-order valence-electron chi connectivity index (χ0n) is 14.6. The molecule has 1 unspecified atom stereocenters. The van der Waals surface area contributed by atoms with Crippen LogP contribution in [0.25, 0.3) is 0 Å². The summed E-state index contributed by atoms with van der Waals surface area (Å²) in [4.78, 5) is 14.2. The number of hydrogen-bond acceptors (Lipinski definition) is 3. The van der Waals surface area contributed by atoms with Gasteiger partial charge in [-0.1, -0.05) is 18.0 Å². The summed E-state index contributed by atoms with van der Waals surface area (Å²) < 4.78 is 0. The van der Waals surface area contributed by atoms with Gasteiger partial charge in [0.25, 0.3) is 0 Å². The molecule has 24 heavy (non-hydrogen) atoms. The molecule has 0 aliphatic carbocycles. The van der Waals surface area contributed by atoms with Crippen molar-refractivity contribution in [1.82, 2.24) is 10.2 Å². The van der Waals surface area contributed by atoms with Crippen LogP contribution in [-0.4, -0.2) is 36.5 Å². The predicted molar refractivity (Wildman–Crippen MR) is 103 cm³/mol.